The van der Waals surface area contributed by atoms with Crippen LogP contribution >= 0.6 is 11.6 Å². The third-order valence-corrected chi connectivity index (χ3v) is 5.80. The highest BCUT2D eigenvalue weighted by Crippen LogP contribution is 2.35. The Morgan fingerprint density at radius 2 is 1.91 bits per heavy atom. The Balaban J connectivity index is 1.75. The average molecular weight is 442 g/mol. The van der Waals surface area contributed by atoms with Crippen LogP contribution in [0, 0.1) is 11.3 Å². The maximum atomic E-state index is 12.2. The van der Waals surface area contributed by atoms with Crippen molar-refractivity contribution in [2.45, 2.75) is 6.54 Å². The molecule has 0 aliphatic heterocycles. The van der Waals surface area contributed by atoms with Crippen molar-refractivity contribution in [3.8, 4) is 28.5 Å². The second-order valence-electron chi connectivity index (χ2n) is 7.32. The Labute approximate surface area is 186 Å². The lowest BCUT2D eigenvalue weighted by Gasteiger charge is -2.10. The second kappa shape index (κ2) is 7.57. The van der Waals surface area contributed by atoms with Crippen molar-refractivity contribution in [1.82, 2.24) is 25.0 Å². The number of hydrogen-bond donors (Lipinski definition) is 2. The van der Waals surface area contributed by atoms with Crippen molar-refractivity contribution in [2.75, 3.05) is 0 Å². The number of hydrogen-bond acceptors (Lipinski definition) is 6. The number of aryl methyl sites for hydroxylation is 1. The first-order chi connectivity index (χ1) is 15.5. The molecule has 5 rings (SSSR count). The van der Waals surface area contributed by atoms with Gasteiger partial charge in [0.1, 0.15) is 6.07 Å². The van der Waals surface area contributed by atoms with Crippen LogP contribution in [-0.2, 0) is 13.6 Å². The van der Waals surface area contributed by atoms with E-state index in [9.17, 15) is 10.1 Å². The molecule has 3 N–H and O–H groups in total. The van der Waals surface area contributed by atoms with Crippen LogP contribution in [0.1, 0.15) is 11.3 Å². The summed E-state index contributed by atoms with van der Waals surface area (Å²) in [5.41, 5.74) is 10.7. The summed E-state index contributed by atoms with van der Waals surface area (Å²) in [5, 5.41) is 22.8. The molecule has 8 nitrogen and oxygen atoms in total. The number of nitrogens with two attached hydrogens (primary N) is 1. The fraction of sp³-hybridized carbons (Fsp3) is 0.0870. The van der Waals surface area contributed by atoms with Gasteiger partial charge in [0.25, 0.3) is 5.56 Å². The monoisotopic (exact) mass is 441 g/mol. The smallest absolute Gasteiger partial charge is 0.272 e. The molecule has 156 valence electrons. The SMILES string of the molecule is Cn1ncc(-c2ccc3c(=O)[nH]nc(CN)c3c2)c1-c1ccc2ncc(Cl)c(C#N)c2c1. The molecule has 0 aliphatic carbocycles. The Kier molecular flexibility index (Phi) is 4.70. The molecule has 2 aromatic carbocycles. The van der Waals surface area contributed by atoms with E-state index in [0.29, 0.717) is 38.0 Å². The Hall–Kier alpha value is -4.06. The minimum Gasteiger partial charge on any atom is -0.325 e. The standard InChI is InChI=1S/C23H16ClN7O/c1-31-22(13-3-5-20-16(7-13)17(8-25)19(24)11-27-20)18(10-28-31)12-2-4-14-15(6-12)21(9-26)29-30-23(14)32/h2-7,10-11H,9,26H2,1H3,(H,30,32). The second-order valence-corrected chi connectivity index (χ2v) is 7.73. The van der Waals surface area contributed by atoms with Crippen LogP contribution in [0.4, 0.5) is 0 Å². The number of aromatic amines is 1. The predicted octanol–water partition coefficient (Wildman–Crippen LogP) is 3.52. The molecule has 0 bridgehead atoms. The van der Waals surface area contributed by atoms with Gasteiger partial charge < -0.3 is 5.73 Å². The lowest BCUT2D eigenvalue weighted by molar-refractivity contribution is 0.776. The first kappa shape index (κ1) is 19.9. The van der Waals surface area contributed by atoms with Gasteiger partial charge in [0.15, 0.2) is 0 Å². The van der Waals surface area contributed by atoms with Crippen LogP contribution in [-0.4, -0.2) is 25.0 Å². The van der Waals surface area contributed by atoms with Crippen LogP contribution in [0.25, 0.3) is 44.1 Å². The van der Waals surface area contributed by atoms with Gasteiger partial charge >= 0.3 is 0 Å². The van der Waals surface area contributed by atoms with Crippen LogP contribution in [0.2, 0.25) is 5.02 Å². The Morgan fingerprint density at radius 3 is 2.69 bits per heavy atom. The van der Waals surface area contributed by atoms with Gasteiger partial charge in [0, 0.05) is 41.7 Å². The number of H-pyrrole nitrogens is 1. The summed E-state index contributed by atoms with van der Waals surface area (Å²) in [4.78, 5) is 16.5. The van der Waals surface area contributed by atoms with Gasteiger partial charge in [-0.25, -0.2) is 5.10 Å². The summed E-state index contributed by atoms with van der Waals surface area (Å²) in [6.45, 7) is 0.200. The third-order valence-electron chi connectivity index (χ3n) is 5.52. The zero-order valence-corrected chi connectivity index (χ0v) is 17.7. The molecule has 0 saturated heterocycles. The normalized spacial score (nSPS) is 11.2. The van der Waals surface area contributed by atoms with E-state index in [-0.39, 0.29) is 12.1 Å². The highest BCUT2D eigenvalue weighted by Gasteiger charge is 2.17. The largest absolute Gasteiger partial charge is 0.325 e. The first-order valence-electron chi connectivity index (χ1n) is 9.74. The highest BCUT2D eigenvalue weighted by atomic mass is 35.5. The Bertz CT molecular complexity index is 1630. The number of halogens is 1. The molecule has 0 amide bonds. The predicted molar refractivity (Wildman–Crippen MR) is 123 cm³/mol. The van der Waals surface area contributed by atoms with E-state index in [0.717, 1.165) is 22.4 Å². The van der Waals surface area contributed by atoms with Crippen LogP contribution in [0.15, 0.2) is 53.6 Å². The number of aromatic nitrogens is 5. The average Bonchev–Trinajstić information content (AvgIpc) is 3.20. The lowest BCUT2D eigenvalue weighted by atomic mass is 9.97. The van der Waals surface area contributed by atoms with Gasteiger partial charge in [-0.3, -0.25) is 14.5 Å². The minimum absolute atomic E-state index is 0.200. The molecule has 0 saturated carbocycles. The van der Waals surface area contributed by atoms with Gasteiger partial charge in [-0.05, 0) is 29.8 Å². The van der Waals surface area contributed by atoms with E-state index >= 15 is 0 Å². The number of pyridine rings is 1. The lowest BCUT2D eigenvalue weighted by Crippen LogP contribution is -2.13. The summed E-state index contributed by atoms with van der Waals surface area (Å²) in [7, 11) is 1.85. The molecule has 3 heterocycles. The van der Waals surface area contributed by atoms with Gasteiger partial charge in [0.05, 0.1) is 39.1 Å². The summed E-state index contributed by atoms with van der Waals surface area (Å²) in [6.07, 6.45) is 3.25. The van der Waals surface area contributed by atoms with Crippen molar-refractivity contribution >= 4 is 33.3 Å². The van der Waals surface area contributed by atoms with Crippen molar-refractivity contribution in [1.29, 1.82) is 5.26 Å². The molecule has 3 aromatic heterocycles. The number of nitriles is 1. The topological polar surface area (TPSA) is 126 Å². The van der Waals surface area contributed by atoms with Crippen molar-refractivity contribution in [2.24, 2.45) is 12.8 Å². The maximum Gasteiger partial charge on any atom is 0.272 e. The van der Waals surface area contributed by atoms with Gasteiger partial charge in [0.2, 0.25) is 0 Å². The van der Waals surface area contributed by atoms with Gasteiger partial charge in [-0.1, -0.05) is 23.7 Å². The van der Waals surface area contributed by atoms with Gasteiger partial charge in [-0.15, -0.1) is 0 Å². The molecule has 0 fully saturated rings. The molecule has 5 aromatic rings. The summed E-state index contributed by atoms with van der Waals surface area (Å²) < 4.78 is 1.77. The van der Waals surface area contributed by atoms with Gasteiger partial charge in [-0.2, -0.15) is 15.5 Å². The Morgan fingerprint density at radius 1 is 1.12 bits per heavy atom. The maximum absolute atomic E-state index is 12.2. The van der Waals surface area contributed by atoms with Crippen LogP contribution in [0.5, 0.6) is 0 Å². The summed E-state index contributed by atoms with van der Waals surface area (Å²) >= 11 is 6.19. The van der Waals surface area contributed by atoms with E-state index in [1.165, 1.54) is 6.20 Å². The number of nitrogens with one attached hydrogen (secondary N) is 1. The van der Waals surface area contributed by atoms with Crippen molar-refractivity contribution in [3.63, 3.8) is 0 Å². The number of fused-ring (bicyclic) bond motifs is 2. The molecule has 0 spiro atoms. The zero-order chi connectivity index (χ0) is 22.4. The van der Waals surface area contributed by atoms with E-state index < -0.39 is 0 Å². The summed E-state index contributed by atoms with van der Waals surface area (Å²) in [5.74, 6) is 0. The number of nitrogens with zero attached hydrogens (tertiary/aromatic N) is 5. The number of rotatable bonds is 3. The molecular weight excluding hydrogens is 426 g/mol. The van der Waals surface area contributed by atoms with Crippen molar-refractivity contribution < 1.29 is 0 Å². The minimum atomic E-state index is -0.266. The fourth-order valence-electron chi connectivity index (χ4n) is 3.96. The molecule has 0 unspecified atom stereocenters. The van der Waals surface area contributed by atoms with Crippen molar-refractivity contribution in [3.05, 3.63) is 75.4 Å². The van der Waals surface area contributed by atoms with E-state index in [2.05, 4.69) is 26.3 Å². The van der Waals surface area contributed by atoms with Crippen LogP contribution < -0.4 is 11.3 Å². The van der Waals surface area contributed by atoms with E-state index in [4.69, 9.17) is 17.3 Å². The molecule has 0 aliphatic rings. The zero-order valence-electron chi connectivity index (χ0n) is 16.9. The number of benzene rings is 2. The third kappa shape index (κ3) is 3.03. The fourth-order valence-corrected chi connectivity index (χ4v) is 4.16. The molecule has 32 heavy (non-hydrogen) atoms. The quantitative estimate of drug-likeness (QED) is 0.441. The van der Waals surface area contributed by atoms with E-state index in [1.807, 2.05) is 37.4 Å². The molecule has 0 radical (unpaired) electrons. The molecule has 9 heteroatoms. The van der Waals surface area contributed by atoms with E-state index in [1.54, 1.807) is 16.9 Å². The van der Waals surface area contributed by atoms with Crippen LogP contribution in [0.3, 0.4) is 0 Å². The summed E-state index contributed by atoms with van der Waals surface area (Å²) in [6, 6.07) is 13.4. The first-order valence-corrected chi connectivity index (χ1v) is 10.1. The molecule has 0 atom stereocenters. The highest BCUT2D eigenvalue weighted by molar-refractivity contribution is 6.32. The molecular formula is C23H16ClN7O.